The highest BCUT2D eigenvalue weighted by atomic mass is 16.3. The maximum absolute atomic E-state index is 6.53. The van der Waals surface area contributed by atoms with Gasteiger partial charge in [0, 0.05) is 96.1 Å². The molecule has 0 N–H and O–H groups in total. The van der Waals surface area contributed by atoms with E-state index in [1.165, 1.54) is 0 Å². The zero-order valence-electron chi connectivity index (χ0n) is 41.3. The fraction of sp³-hybridized carbons (Fsp3) is 0.0462. The number of allylic oxidation sites excluding steroid dienone is 2. The number of benzene rings is 6. The number of pyridine rings is 4. The van der Waals surface area contributed by atoms with E-state index < -0.39 is 0 Å². The van der Waals surface area contributed by atoms with E-state index in [4.69, 9.17) is 14.4 Å². The molecular formula is C65H50N8O. The normalized spacial score (nSPS) is 11.4. The van der Waals surface area contributed by atoms with Crippen molar-refractivity contribution < 1.29 is 4.42 Å². The monoisotopic (exact) mass is 958 g/mol. The Balaban J connectivity index is 0.000000540. The highest BCUT2D eigenvalue weighted by Crippen LogP contribution is 2.40. The minimum atomic E-state index is 0.837. The number of aromatic nitrogens is 6. The molecule has 0 atom stereocenters. The second-order valence-electron chi connectivity index (χ2n) is 17.7. The number of furan rings is 1. The van der Waals surface area contributed by atoms with Crippen LogP contribution in [0.25, 0.3) is 122 Å². The lowest BCUT2D eigenvalue weighted by Gasteiger charge is -2.10. The molecule has 0 radical (unpaired) electrons. The molecule has 0 bridgehead atoms. The topological polar surface area (TPSA) is 99.3 Å². The van der Waals surface area contributed by atoms with Crippen molar-refractivity contribution in [3.8, 4) is 55.9 Å². The van der Waals surface area contributed by atoms with Gasteiger partial charge in [-0.25, -0.2) is 0 Å². The molecule has 0 aliphatic rings. The van der Waals surface area contributed by atoms with E-state index in [2.05, 4.69) is 189 Å². The minimum Gasteiger partial charge on any atom is -0.456 e. The number of nitrogens with zero attached hydrogens (tertiary/aromatic N) is 8. The molecule has 13 aromatic rings. The predicted molar refractivity (Wildman–Crippen MR) is 309 cm³/mol. The van der Waals surface area contributed by atoms with Crippen LogP contribution in [0.5, 0.6) is 0 Å². The molecule has 0 spiro atoms. The van der Waals surface area contributed by atoms with Gasteiger partial charge in [-0.2, -0.15) is 0 Å². The van der Waals surface area contributed by atoms with Gasteiger partial charge in [0.1, 0.15) is 11.2 Å². The van der Waals surface area contributed by atoms with Crippen LogP contribution in [-0.2, 0) is 0 Å². The van der Waals surface area contributed by atoms with Crippen LogP contribution in [0.3, 0.4) is 0 Å². The van der Waals surface area contributed by atoms with E-state index in [0.717, 1.165) is 127 Å². The van der Waals surface area contributed by atoms with Crippen molar-refractivity contribution in [2.24, 2.45) is 9.98 Å². The van der Waals surface area contributed by atoms with Gasteiger partial charge < -0.3 is 13.6 Å². The van der Waals surface area contributed by atoms with Crippen LogP contribution in [0.2, 0.25) is 0 Å². The molecule has 0 amide bonds. The first-order valence-corrected chi connectivity index (χ1v) is 24.3. The maximum atomic E-state index is 6.53. The van der Waals surface area contributed by atoms with Crippen LogP contribution in [0, 0.1) is 6.92 Å². The molecule has 9 heteroatoms. The molecule has 0 fully saturated rings. The first-order chi connectivity index (χ1) is 36.4. The van der Waals surface area contributed by atoms with E-state index in [-0.39, 0.29) is 0 Å². The summed E-state index contributed by atoms with van der Waals surface area (Å²) in [6.07, 6.45) is 15.8. The van der Waals surface area contributed by atoms with Crippen molar-refractivity contribution in [1.29, 1.82) is 0 Å². The average molecular weight is 959 g/mol. The third kappa shape index (κ3) is 8.84. The summed E-state index contributed by atoms with van der Waals surface area (Å²) in [5.41, 5.74) is 20.1. The molecule has 0 unspecified atom stereocenters. The van der Waals surface area contributed by atoms with Gasteiger partial charge in [0.25, 0.3) is 0 Å². The fourth-order valence-electron chi connectivity index (χ4n) is 9.82. The van der Waals surface area contributed by atoms with Gasteiger partial charge in [0.05, 0.1) is 33.1 Å². The predicted octanol–water partition coefficient (Wildman–Crippen LogP) is 16.1. The molecule has 7 heterocycles. The first-order valence-electron chi connectivity index (χ1n) is 24.3. The summed E-state index contributed by atoms with van der Waals surface area (Å²) in [6.45, 7) is 8.86. The van der Waals surface area contributed by atoms with E-state index in [1.54, 1.807) is 38.7 Å². The summed E-state index contributed by atoms with van der Waals surface area (Å²) in [5.74, 6) is 0. The largest absolute Gasteiger partial charge is 0.456 e. The van der Waals surface area contributed by atoms with Crippen LogP contribution in [-0.4, -0.2) is 55.6 Å². The summed E-state index contributed by atoms with van der Waals surface area (Å²) in [7, 11) is 3.42. The summed E-state index contributed by atoms with van der Waals surface area (Å²) >= 11 is 0. The third-order valence-electron chi connectivity index (χ3n) is 13.1. The third-order valence-corrected chi connectivity index (χ3v) is 13.1. The van der Waals surface area contributed by atoms with E-state index in [9.17, 15) is 0 Å². The lowest BCUT2D eigenvalue weighted by Crippen LogP contribution is -1.94. The Morgan fingerprint density at radius 2 is 0.878 bits per heavy atom. The van der Waals surface area contributed by atoms with Gasteiger partial charge in [-0.1, -0.05) is 73.8 Å². The minimum absolute atomic E-state index is 0.837. The second-order valence-corrected chi connectivity index (χ2v) is 17.7. The van der Waals surface area contributed by atoms with Gasteiger partial charge in [-0.3, -0.25) is 29.9 Å². The Morgan fingerprint density at radius 3 is 1.36 bits per heavy atom. The molecule has 0 saturated heterocycles. The Hall–Kier alpha value is -9.86. The molecule has 13 rings (SSSR count). The lowest BCUT2D eigenvalue weighted by atomic mass is 9.99. The Morgan fingerprint density at radius 1 is 0.419 bits per heavy atom. The molecule has 0 aliphatic carbocycles. The number of rotatable bonds is 8. The molecule has 74 heavy (non-hydrogen) atoms. The van der Waals surface area contributed by atoms with Crippen molar-refractivity contribution in [3.05, 3.63) is 232 Å². The van der Waals surface area contributed by atoms with Crippen LogP contribution in [0.1, 0.15) is 5.69 Å². The SMILES string of the molecule is C=CC=NC.C=CC=NC.Cc1ccc2c(n1)c1cc(-c3cccc(-c4ccncc4)c3)ccc1n2-c1ccc2oc3ccc(-n4c5ccc(-c6cccc(-c7ccncc7)c6)cc5c5ncccc54)cc3c2c1. The second kappa shape index (κ2) is 20.5. The average Bonchev–Trinajstić information content (AvgIpc) is 4.11. The standard InChI is InChI=1S/C57H36N6O.2C4H7N/c1-35-10-15-53-57(61-35)49-32-43(41-8-3-6-39(30-41)37-22-27-59-28-23-37)12-17-51(49)63(53)45-14-19-55-47(34-45)46-33-44(13-18-54(46)64-55)62-50-16-11-42(31-48(50)56-52(62)9-4-24-60-56)40-7-2-5-38(29-40)36-20-25-58-26-21-36;2*1-3-4-5-2/h2-34H,1H3;2*3-4H,1H2,2H3. The molecular weight excluding hydrogens is 909 g/mol. The number of aryl methyl sites for hydroxylation is 1. The Kier molecular flexibility index (Phi) is 12.9. The van der Waals surface area contributed by atoms with Crippen LogP contribution < -0.4 is 0 Å². The van der Waals surface area contributed by atoms with E-state index >= 15 is 0 Å². The van der Waals surface area contributed by atoms with Crippen LogP contribution in [0.4, 0.5) is 0 Å². The highest BCUT2D eigenvalue weighted by molar-refractivity contribution is 6.12. The fourth-order valence-corrected chi connectivity index (χ4v) is 9.82. The number of fused-ring (bicyclic) bond motifs is 9. The molecule has 0 saturated carbocycles. The van der Waals surface area contributed by atoms with E-state index in [0.29, 0.717) is 0 Å². The maximum Gasteiger partial charge on any atom is 0.135 e. The number of hydrogen-bond acceptors (Lipinski definition) is 7. The van der Waals surface area contributed by atoms with Crippen molar-refractivity contribution in [2.45, 2.75) is 6.92 Å². The van der Waals surface area contributed by atoms with E-state index in [1.807, 2.05) is 61.3 Å². The van der Waals surface area contributed by atoms with Gasteiger partial charge in [0.2, 0.25) is 0 Å². The summed E-state index contributed by atoms with van der Waals surface area (Å²) < 4.78 is 11.2. The zero-order chi connectivity index (χ0) is 50.5. The first kappa shape index (κ1) is 46.5. The summed E-state index contributed by atoms with van der Waals surface area (Å²) in [6, 6.07) is 60.5. The van der Waals surface area contributed by atoms with Crippen molar-refractivity contribution in [2.75, 3.05) is 14.1 Å². The van der Waals surface area contributed by atoms with Crippen LogP contribution >= 0.6 is 0 Å². The summed E-state index contributed by atoms with van der Waals surface area (Å²) in [5, 5.41) is 4.30. The molecule has 356 valence electrons. The molecule has 6 aromatic carbocycles. The number of hydrogen-bond donors (Lipinski definition) is 0. The van der Waals surface area contributed by atoms with Gasteiger partial charge in [-0.15, -0.1) is 0 Å². The highest BCUT2D eigenvalue weighted by Gasteiger charge is 2.19. The lowest BCUT2D eigenvalue weighted by molar-refractivity contribution is 0.669. The van der Waals surface area contributed by atoms with Gasteiger partial charge in [-0.05, 0) is 173 Å². The molecule has 0 aliphatic heterocycles. The van der Waals surface area contributed by atoms with Crippen molar-refractivity contribution >= 4 is 78.2 Å². The zero-order valence-corrected chi connectivity index (χ0v) is 41.3. The quantitative estimate of drug-likeness (QED) is 0.141. The van der Waals surface area contributed by atoms with Gasteiger partial charge >= 0.3 is 0 Å². The molecule has 7 aromatic heterocycles. The summed E-state index contributed by atoms with van der Waals surface area (Å²) in [4.78, 5) is 25.7. The number of aliphatic imine (C=N–C) groups is 2. The Bertz CT molecular complexity index is 4260. The Labute approximate surface area is 428 Å². The van der Waals surface area contributed by atoms with Crippen molar-refractivity contribution in [3.63, 3.8) is 0 Å². The smallest absolute Gasteiger partial charge is 0.135 e. The molecule has 9 nitrogen and oxygen atoms in total. The van der Waals surface area contributed by atoms with Crippen molar-refractivity contribution in [1.82, 2.24) is 29.1 Å². The van der Waals surface area contributed by atoms with Crippen LogP contribution in [0.15, 0.2) is 241 Å². The van der Waals surface area contributed by atoms with Gasteiger partial charge in [0.15, 0.2) is 0 Å².